The molecule has 2 heteroatoms. The Morgan fingerprint density at radius 3 is 2.67 bits per heavy atom. The molecule has 0 amide bonds. The zero-order valence-corrected chi connectivity index (χ0v) is 8.05. The van der Waals surface area contributed by atoms with E-state index < -0.39 is 0 Å². The number of rotatable bonds is 3. The van der Waals surface area contributed by atoms with Gasteiger partial charge in [0.25, 0.3) is 0 Å². The molecule has 0 aromatic rings. The van der Waals surface area contributed by atoms with Crippen molar-refractivity contribution in [3.63, 3.8) is 0 Å². The summed E-state index contributed by atoms with van der Waals surface area (Å²) in [7, 11) is 2.25. The molecule has 2 aliphatic rings. The van der Waals surface area contributed by atoms with Crippen molar-refractivity contribution in [1.29, 1.82) is 0 Å². The Morgan fingerprint density at radius 2 is 2.25 bits per heavy atom. The lowest BCUT2D eigenvalue weighted by Crippen LogP contribution is -2.30. The Hall–Kier alpha value is -0.0800. The zero-order valence-electron chi connectivity index (χ0n) is 8.05. The molecule has 1 atom stereocenters. The molecule has 0 radical (unpaired) electrons. The summed E-state index contributed by atoms with van der Waals surface area (Å²) >= 11 is 0. The molecule has 2 N–H and O–H groups in total. The lowest BCUT2D eigenvalue weighted by atomic mass is 9.96. The van der Waals surface area contributed by atoms with Gasteiger partial charge in [-0.05, 0) is 57.7 Å². The SMILES string of the molecule is CN1CCCC1CC1(CN)CC1. The Kier molecular flexibility index (Phi) is 2.13. The third-order valence-corrected chi connectivity index (χ3v) is 3.73. The largest absolute Gasteiger partial charge is 0.330 e. The van der Waals surface area contributed by atoms with Gasteiger partial charge in [-0.1, -0.05) is 0 Å². The van der Waals surface area contributed by atoms with Crippen molar-refractivity contribution >= 4 is 0 Å². The van der Waals surface area contributed by atoms with Gasteiger partial charge in [0, 0.05) is 6.04 Å². The highest BCUT2D eigenvalue weighted by Gasteiger charge is 2.43. The second-order valence-electron chi connectivity index (χ2n) is 4.68. The van der Waals surface area contributed by atoms with E-state index in [2.05, 4.69) is 11.9 Å². The van der Waals surface area contributed by atoms with E-state index in [9.17, 15) is 0 Å². The zero-order chi connectivity index (χ0) is 8.60. The molecule has 0 spiro atoms. The molecule has 1 aliphatic carbocycles. The number of likely N-dealkylation sites (tertiary alicyclic amines) is 1. The maximum absolute atomic E-state index is 5.77. The van der Waals surface area contributed by atoms with Gasteiger partial charge in [-0.3, -0.25) is 0 Å². The van der Waals surface area contributed by atoms with Gasteiger partial charge in [-0.15, -0.1) is 0 Å². The van der Waals surface area contributed by atoms with Crippen LogP contribution in [0.2, 0.25) is 0 Å². The van der Waals surface area contributed by atoms with Crippen molar-refractivity contribution < 1.29 is 0 Å². The number of nitrogens with two attached hydrogens (primary N) is 1. The van der Waals surface area contributed by atoms with Crippen LogP contribution in [0.5, 0.6) is 0 Å². The molecule has 2 rings (SSSR count). The predicted molar refractivity (Wildman–Crippen MR) is 51.0 cm³/mol. The topological polar surface area (TPSA) is 29.3 Å². The van der Waals surface area contributed by atoms with Crippen molar-refractivity contribution in [2.45, 2.75) is 38.1 Å². The van der Waals surface area contributed by atoms with E-state index in [1.165, 1.54) is 38.6 Å². The first kappa shape index (κ1) is 8.52. The minimum atomic E-state index is 0.573. The Labute approximate surface area is 75.1 Å². The van der Waals surface area contributed by atoms with Gasteiger partial charge in [-0.2, -0.15) is 0 Å². The Balaban J connectivity index is 1.86. The maximum Gasteiger partial charge on any atom is 0.00984 e. The monoisotopic (exact) mass is 168 g/mol. The molecule has 0 aromatic heterocycles. The van der Waals surface area contributed by atoms with E-state index in [-0.39, 0.29) is 0 Å². The van der Waals surface area contributed by atoms with E-state index in [1.807, 2.05) is 0 Å². The summed E-state index contributed by atoms with van der Waals surface area (Å²) in [6.07, 6.45) is 6.92. The quantitative estimate of drug-likeness (QED) is 0.686. The number of hydrogen-bond acceptors (Lipinski definition) is 2. The molecule has 12 heavy (non-hydrogen) atoms. The Bertz CT molecular complexity index is 163. The highest BCUT2D eigenvalue weighted by molar-refractivity contribution is 4.97. The molecule has 1 unspecified atom stereocenters. The fraction of sp³-hybridized carbons (Fsp3) is 1.00. The van der Waals surface area contributed by atoms with Crippen LogP contribution in [0.25, 0.3) is 0 Å². The van der Waals surface area contributed by atoms with Crippen LogP contribution >= 0.6 is 0 Å². The van der Waals surface area contributed by atoms with Crippen molar-refractivity contribution in [1.82, 2.24) is 4.90 Å². The molecule has 1 saturated heterocycles. The van der Waals surface area contributed by atoms with Crippen LogP contribution in [0, 0.1) is 5.41 Å². The predicted octanol–water partition coefficient (Wildman–Crippen LogP) is 1.21. The van der Waals surface area contributed by atoms with Crippen LogP contribution in [0.4, 0.5) is 0 Å². The van der Waals surface area contributed by atoms with Crippen LogP contribution in [0.1, 0.15) is 32.1 Å². The second-order valence-corrected chi connectivity index (χ2v) is 4.68. The van der Waals surface area contributed by atoms with Crippen molar-refractivity contribution in [3.05, 3.63) is 0 Å². The van der Waals surface area contributed by atoms with E-state index >= 15 is 0 Å². The molecule has 0 bridgehead atoms. The Morgan fingerprint density at radius 1 is 1.50 bits per heavy atom. The molecule has 1 saturated carbocycles. The van der Waals surface area contributed by atoms with E-state index in [4.69, 9.17) is 5.73 Å². The summed E-state index contributed by atoms with van der Waals surface area (Å²) in [6, 6.07) is 0.844. The van der Waals surface area contributed by atoms with Gasteiger partial charge in [0.2, 0.25) is 0 Å². The van der Waals surface area contributed by atoms with Gasteiger partial charge in [0.05, 0.1) is 0 Å². The van der Waals surface area contributed by atoms with Crippen LogP contribution < -0.4 is 5.73 Å². The molecular formula is C10H20N2. The van der Waals surface area contributed by atoms with Crippen LogP contribution in [0.3, 0.4) is 0 Å². The number of nitrogens with zero attached hydrogens (tertiary/aromatic N) is 1. The summed E-state index contributed by atoms with van der Waals surface area (Å²) in [5.74, 6) is 0. The fourth-order valence-electron chi connectivity index (χ4n) is 2.41. The molecule has 2 nitrogen and oxygen atoms in total. The third-order valence-electron chi connectivity index (χ3n) is 3.73. The van der Waals surface area contributed by atoms with Gasteiger partial charge in [0.15, 0.2) is 0 Å². The minimum Gasteiger partial charge on any atom is -0.330 e. The summed E-state index contributed by atoms with van der Waals surface area (Å²) in [5, 5.41) is 0. The molecular weight excluding hydrogens is 148 g/mol. The number of hydrogen-bond donors (Lipinski definition) is 1. The first-order valence-corrected chi connectivity index (χ1v) is 5.16. The second kappa shape index (κ2) is 3.00. The molecule has 2 fully saturated rings. The minimum absolute atomic E-state index is 0.573. The van der Waals surface area contributed by atoms with Crippen LogP contribution in [-0.4, -0.2) is 31.1 Å². The lowest BCUT2D eigenvalue weighted by Gasteiger charge is -2.23. The molecule has 1 heterocycles. The first-order valence-electron chi connectivity index (χ1n) is 5.16. The average molecular weight is 168 g/mol. The highest BCUT2D eigenvalue weighted by atomic mass is 15.1. The summed E-state index contributed by atoms with van der Waals surface area (Å²) in [5.41, 5.74) is 6.35. The van der Waals surface area contributed by atoms with Gasteiger partial charge < -0.3 is 10.6 Å². The maximum atomic E-state index is 5.77. The van der Waals surface area contributed by atoms with E-state index in [0.29, 0.717) is 5.41 Å². The lowest BCUT2D eigenvalue weighted by molar-refractivity contribution is 0.253. The standard InChI is InChI=1S/C10H20N2/c1-12-6-2-3-9(12)7-10(8-11)4-5-10/h9H,2-8,11H2,1H3. The fourth-order valence-corrected chi connectivity index (χ4v) is 2.41. The summed E-state index contributed by atoms with van der Waals surface area (Å²) < 4.78 is 0. The van der Waals surface area contributed by atoms with Gasteiger partial charge in [0.1, 0.15) is 0 Å². The summed E-state index contributed by atoms with van der Waals surface area (Å²) in [6.45, 7) is 2.21. The first-order chi connectivity index (χ1) is 5.76. The average Bonchev–Trinajstić information content (AvgIpc) is 2.74. The van der Waals surface area contributed by atoms with Gasteiger partial charge in [-0.25, -0.2) is 0 Å². The highest BCUT2D eigenvalue weighted by Crippen LogP contribution is 2.49. The van der Waals surface area contributed by atoms with Crippen LogP contribution in [-0.2, 0) is 0 Å². The normalized spacial score (nSPS) is 34.0. The van der Waals surface area contributed by atoms with Crippen molar-refractivity contribution in [2.24, 2.45) is 11.1 Å². The summed E-state index contributed by atoms with van der Waals surface area (Å²) in [4.78, 5) is 2.51. The molecule has 1 aliphatic heterocycles. The van der Waals surface area contributed by atoms with Crippen molar-refractivity contribution in [3.8, 4) is 0 Å². The van der Waals surface area contributed by atoms with Crippen molar-refractivity contribution in [2.75, 3.05) is 20.1 Å². The molecule has 70 valence electrons. The van der Waals surface area contributed by atoms with E-state index in [1.54, 1.807) is 0 Å². The van der Waals surface area contributed by atoms with E-state index in [0.717, 1.165) is 12.6 Å². The third kappa shape index (κ3) is 1.50. The van der Waals surface area contributed by atoms with Gasteiger partial charge >= 0.3 is 0 Å². The molecule has 0 aromatic carbocycles. The van der Waals surface area contributed by atoms with Crippen LogP contribution in [0.15, 0.2) is 0 Å². The smallest absolute Gasteiger partial charge is 0.00984 e.